The molecule has 0 aliphatic rings. The zero-order valence-corrected chi connectivity index (χ0v) is 26.5. The lowest BCUT2D eigenvalue weighted by molar-refractivity contribution is 0.0710. The largest absolute Gasteiger partial charge is 0.500 e. The van der Waals surface area contributed by atoms with Crippen molar-refractivity contribution in [1.82, 2.24) is 0 Å². The molecule has 0 bridgehead atoms. The summed E-state index contributed by atoms with van der Waals surface area (Å²) < 4.78 is 23.7. The summed E-state index contributed by atoms with van der Waals surface area (Å²) in [6.07, 6.45) is 5.96. The molecule has 0 atom stereocenters. The molecule has 0 N–H and O–H groups in total. The van der Waals surface area contributed by atoms with Gasteiger partial charge >= 0.3 is 8.80 Å². The predicted octanol–water partition coefficient (Wildman–Crippen LogP) is 7.38. The third-order valence-corrected chi connectivity index (χ3v) is 13.4. The zero-order chi connectivity index (χ0) is 26.3. The predicted molar refractivity (Wildman–Crippen MR) is 161 cm³/mol. The van der Waals surface area contributed by atoms with Gasteiger partial charge in [0.1, 0.15) is 0 Å². The molecular weight excluding hydrogens is 525 g/mol. The summed E-state index contributed by atoms with van der Waals surface area (Å²) in [5.41, 5.74) is 0. The minimum atomic E-state index is -2.57. The maximum atomic E-state index is 5.92. The maximum absolute atomic E-state index is 5.92. The number of thiophene rings is 2. The third kappa shape index (κ3) is 11.2. The molecule has 202 valence electrons. The zero-order valence-electron chi connectivity index (χ0n) is 22.9. The summed E-state index contributed by atoms with van der Waals surface area (Å²) in [5.74, 6) is 0. The molecule has 36 heavy (non-hydrogen) atoms. The van der Waals surface area contributed by atoms with E-state index in [1.165, 1.54) is 14.6 Å². The highest BCUT2D eigenvalue weighted by Crippen LogP contribution is 2.32. The van der Waals surface area contributed by atoms with E-state index in [0.717, 1.165) is 49.5 Å². The van der Waals surface area contributed by atoms with E-state index in [-0.39, 0.29) is 0 Å². The van der Waals surface area contributed by atoms with Crippen molar-refractivity contribution in [2.75, 3.05) is 39.5 Å². The van der Waals surface area contributed by atoms with Gasteiger partial charge in [-0.05, 0) is 83.9 Å². The lowest BCUT2D eigenvalue weighted by atomic mass is 10.3. The molecule has 0 radical (unpaired) electrons. The Hall–Kier alpha value is -0.986. The summed E-state index contributed by atoms with van der Waals surface area (Å²) in [6, 6.07) is 10.6. The normalized spacial score (nSPS) is 12.9. The molecule has 0 saturated carbocycles. The standard InChI is InChI=1S/C26H44N2O4S2Si2/c1-7-29-35(5,6)19-11-17-27-21-23-13-15-25(33-23)26-16-14-24(34-26)22-28-18-12-20-36(30-8-2,31-9-3)32-10-4/h13-16,21-22H,7-12,17-20H2,1-6H3. The Morgan fingerprint density at radius 1 is 0.667 bits per heavy atom. The van der Waals surface area contributed by atoms with E-state index in [9.17, 15) is 0 Å². The smallest absolute Gasteiger partial charge is 0.418 e. The molecule has 2 heterocycles. The molecule has 0 unspecified atom stereocenters. The lowest BCUT2D eigenvalue weighted by Gasteiger charge is -2.28. The van der Waals surface area contributed by atoms with Crippen molar-refractivity contribution in [1.29, 1.82) is 0 Å². The molecule has 10 heteroatoms. The van der Waals surface area contributed by atoms with Crippen molar-refractivity contribution in [2.45, 2.75) is 65.7 Å². The first-order valence-corrected chi connectivity index (χ1v) is 19.8. The summed E-state index contributed by atoms with van der Waals surface area (Å²) >= 11 is 3.55. The van der Waals surface area contributed by atoms with Crippen LogP contribution >= 0.6 is 22.7 Å². The van der Waals surface area contributed by atoms with Crippen LogP contribution in [0.15, 0.2) is 34.3 Å². The third-order valence-electron chi connectivity index (χ3n) is 5.40. The van der Waals surface area contributed by atoms with E-state index in [1.54, 1.807) is 22.7 Å². The van der Waals surface area contributed by atoms with E-state index in [0.29, 0.717) is 19.8 Å². The Kier molecular flexibility index (Phi) is 14.6. The van der Waals surface area contributed by atoms with Crippen LogP contribution in [-0.2, 0) is 17.7 Å². The fourth-order valence-electron chi connectivity index (χ4n) is 3.87. The van der Waals surface area contributed by atoms with Crippen LogP contribution in [0.25, 0.3) is 9.75 Å². The van der Waals surface area contributed by atoms with Crippen LogP contribution in [0.2, 0.25) is 25.2 Å². The maximum Gasteiger partial charge on any atom is 0.500 e. The average Bonchev–Trinajstić information content (AvgIpc) is 3.49. The first-order valence-electron chi connectivity index (χ1n) is 13.1. The molecule has 0 aromatic carbocycles. The van der Waals surface area contributed by atoms with Crippen LogP contribution in [0.1, 0.15) is 50.3 Å². The van der Waals surface area contributed by atoms with Gasteiger partial charge in [0.15, 0.2) is 8.32 Å². The first-order chi connectivity index (χ1) is 17.4. The average molecular weight is 569 g/mol. The van der Waals surface area contributed by atoms with Gasteiger partial charge in [0.05, 0.1) is 0 Å². The summed E-state index contributed by atoms with van der Waals surface area (Å²) in [5, 5.41) is 0. The van der Waals surface area contributed by atoms with E-state index in [2.05, 4.69) is 54.3 Å². The van der Waals surface area contributed by atoms with Crippen LogP contribution in [-0.4, -0.2) is 69.1 Å². The van der Waals surface area contributed by atoms with Gasteiger partial charge in [0.2, 0.25) is 0 Å². The quantitative estimate of drug-likeness (QED) is 0.101. The van der Waals surface area contributed by atoms with Crippen LogP contribution < -0.4 is 0 Å². The van der Waals surface area contributed by atoms with Crippen molar-refractivity contribution >= 4 is 52.2 Å². The number of hydrogen-bond donors (Lipinski definition) is 0. The van der Waals surface area contributed by atoms with Crippen molar-refractivity contribution in [3.63, 3.8) is 0 Å². The van der Waals surface area contributed by atoms with E-state index in [4.69, 9.17) is 17.7 Å². The van der Waals surface area contributed by atoms with Crippen molar-refractivity contribution in [3.8, 4) is 9.75 Å². The SMILES string of the molecule is CCO[Si](C)(C)CCCN=Cc1ccc(-c2ccc(C=NCCC[Si](OCC)(OCC)OCC)s2)s1. The summed E-state index contributed by atoms with van der Waals surface area (Å²) in [4.78, 5) is 14.2. The molecular formula is C26H44N2O4S2Si2. The van der Waals surface area contributed by atoms with Gasteiger partial charge in [0, 0.05) is 77.5 Å². The minimum Gasteiger partial charge on any atom is -0.418 e. The molecule has 2 rings (SSSR count). The van der Waals surface area contributed by atoms with Gasteiger partial charge in [-0.25, -0.2) is 0 Å². The van der Waals surface area contributed by atoms with Crippen molar-refractivity contribution in [3.05, 3.63) is 34.0 Å². The van der Waals surface area contributed by atoms with Gasteiger partial charge in [-0.3, -0.25) is 9.98 Å². The van der Waals surface area contributed by atoms with E-state index in [1.807, 2.05) is 33.2 Å². The Morgan fingerprint density at radius 2 is 1.11 bits per heavy atom. The summed E-state index contributed by atoms with van der Waals surface area (Å²) in [6.45, 7) is 16.8. The highest BCUT2D eigenvalue weighted by atomic mass is 32.1. The molecule has 6 nitrogen and oxygen atoms in total. The molecule has 0 spiro atoms. The number of hydrogen-bond acceptors (Lipinski definition) is 8. The first kappa shape index (κ1) is 31.2. The number of aliphatic imine (C=N–C) groups is 2. The lowest BCUT2D eigenvalue weighted by Crippen LogP contribution is -2.46. The molecule has 0 fully saturated rings. The van der Waals surface area contributed by atoms with Gasteiger partial charge in [-0.15, -0.1) is 22.7 Å². The molecule has 2 aromatic rings. The van der Waals surface area contributed by atoms with Gasteiger partial charge in [0.25, 0.3) is 0 Å². The van der Waals surface area contributed by atoms with Gasteiger partial charge in [-0.2, -0.15) is 0 Å². The Balaban J connectivity index is 1.81. The highest BCUT2D eigenvalue weighted by molar-refractivity contribution is 7.23. The molecule has 2 aromatic heterocycles. The molecule has 0 aliphatic carbocycles. The highest BCUT2D eigenvalue weighted by Gasteiger charge is 2.39. The second kappa shape index (κ2) is 16.8. The van der Waals surface area contributed by atoms with Crippen LogP contribution in [0, 0.1) is 0 Å². The van der Waals surface area contributed by atoms with E-state index < -0.39 is 17.1 Å². The van der Waals surface area contributed by atoms with Gasteiger partial charge < -0.3 is 17.7 Å². The van der Waals surface area contributed by atoms with E-state index >= 15 is 0 Å². The van der Waals surface area contributed by atoms with Crippen LogP contribution in [0.3, 0.4) is 0 Å². The number of rotatable bonds is 19. The van der Waals surface area contributed by atoms with Crippen molar-refractivity contribution < 1.29 is 17.7 Å². The number of nitrogens with zero attached hydrogens (tertiary/aromatic N) is 2. The Morgan fingerprint density at radius 3 is 1.56 bits per heavy atom. The van der Waals surface area contributed by atoms with Gasteiger partial charge in [-0.1, -0.05) is 0 Å². The monoisotopic (exact) mass is 568 g/mol. The van der Waals surface area contributed by atoms with Crippen LogP contribution in [0.4, 0.5) is 0 Å². The van der Waals surface area contributed by atoms with Crippen LogP contribution in [0.5, 0.6) is 0 Å². The summed E-state index contributed by atoms with van der Waals surface area (Å²) in [7, 11) is -4.07. The Labute approximate surface area is 228 Å². The topological polar surface area (TPSA) is 61.6 Å². The molecule has 0 amide bonds. The second-order valence-electron chi connectivity index (χ2n) is 8.86. The second-order valence-corrected chi connectivity index (χ2v) is 18.1. The molecule has 0 saturated heterocycles. The minimum absolute atomic E-state index is 0.609. The fourth-order valence-corrected chi connectivity index (χ4v) is 10.3. The molecule has 0 aliphatic heterocycles. The fraction of sp³-hybridized carbons (Fsp3) is 0.615. The van der Waals surface area contributed by atoms with Crippen molar-refractivity contribution in [2.24, 2.45) is 9.98 Å². The Bertz CT molecular complexity index is 914.